The first kappa shape index (κ1) is 15.0. The van der Waals surface area contributed by atoms with E-state index in [2.05, 4.69) is 15.0 Å². The fourth-order valence-corrected chi connectivity index (χ4v) is 3.18. The number of methoxy groups -OCH3 is 1. The number of nitrogens with one attached hydrogen (secondary N) is 1. The second kappa shape index (κ2) is 6.35. The number of anilines is 1. The van der Waals surface area contributed by atoms with Crippen LogP contribution in [0.15, 0.2) is 5.38 Å². The zero-order valence-corrected chi connectivity index (χ0v) is 12.7. The first-order valence-electron chi connectivity index (χ1n) is 6.86. The third kappa shape index (κ3) is 3.56. The summed E-state index contributed by atoms with van der Waals surface area (Å²) in [6.07, 6.45) is 5.42. The number of carbonyl (C=O) groups excluding carboxylic acids is 2. The number of rotatable bonds is 4. The number of thiazole rings is 1. The van der Waals surface area contributed by atoms with Gasteiger partial charge in [0.1, 0.15) is 0 Å². The van der Waals surface area contributed by atoms with E-state index in [1.165, 1.54) is 24.9 Å². The number of carbonyl (C=O) groups is 2. The Bertz CT molecular complexity index is 492. The highest BCUT2D eigenvalue weighted by Gasteiger charge is 2.34. The van der Waals surface area contributed by atoms with Gasteiger partial charge in [-0.25, -0.2) is 4.98 Å². The predicted octanol–water partition coefficient (Wildman–Crippen LogP) is 2.77. The van der Waals surface area contributed by atoms with E-state index in [0.29, 0.717) is 10.8 Å². The first-order chi connectivity index (χ1) is 9.53. The van der Waals surface area contributed by atoms with Gasteiger partial charge >= 0.3 is 5.97 Å². The normalized spacial score (nSPS) is 17.5. The van der Waals surface area contributed by atoms with E-state index >= 15 is 0 Å². The molecule has 1 heterocycles. The summed E-state index contributed by atoms with van der Waals surface area (Å²) in [5, 5.41) is 5.21. The van der Waals surface area contributed by atoms with Crippen molar-refractivity contribution in [3.05, 3.63) is 11.1 Å². The Morgan fingerprint density at radius 2 is 2.10 bits per heavy atom. The fourth-order valence-electron chi connectivity index (χ4n) is 2.47. The summed E-state index contributed by atoms with van der Waals surface area (Å²) in [5.74, 6) is -0.288. The third-order valence-corrected chi connectivity index (χ3v) is 4.64. The zero-order valence-electron chi connectivity index (χ0n) is 11.9. The molecule has 1 N–H and O–H groups in total. The van der Waals surface area contributed by atoms with E-state index in [1.807, 2.05) is 6.92 Å². The summed E-state index contributed by atoms with van der Waals surface area (Å²) in [6.45, 7) is 2.02. The lowest BCUT2D eigenvalue weighted by Gasteiger charge is -2.31. The number of amides is 1. The summed E-state index contributed by atoms with van der Waals surface area (Å²) < 4.78 is 4.59. The number of nitrogens with zero attached hydrogens (tertiary/aromatic N) is 1. The van der Waals surface area contributed by atoms with Gasteiger partial charge in [-0.3, -0.25) is 9.59 Å². The van der Waals surface area contributed by atoms with Crippen molar-refractivity contribution in [2.45, 2.75) is 45.4 Å². The minimum absolute atomic E-state index is 0.0381. The summed E-state index contributed by atoms with van der Waals surface area (Å²) in [5.41, 5.74) is 0.345. The van der Waals surface area contributed by atoms with Crippen LogP contribution >= 0.6 is 11.3 Å². The lowest BCUT2D eigenvalue weighted by molar-refractivity contribution is -0.139. The average molecular weight is 296 g/mol. The molecule has 0 aromatic carbocycles. The third-order valence-electron chi connectivity index (χ3n) is 3.83. The molecule has 1 fully saturated rings. The molecule has 1 aromatic heterocycles. The Morgan fingerprint density at radius 1 is 1.40 bits per heavy atom. The van der Waals surface area contributed by atoms with Crippen LogP contribution in [0, 0.1) is 5.41 Å². The van der Waals surface area contributed by atoms with Crippen molar-refractivity contribution in [3.8, 4) is 0 Å². The molecular formula is C14H20N2O3S. The lowest BCUT2D eigenvalue weighted by Crippen LogP contribution is -2.35. The standard InChI is InChI=1S/C14H20N2O3S/c1-14(6-4-3-5-7-14)12(18)16-13-15-10(9-20-13)8-11(17)19-2/h9H,3-8H2,1-2H3,(H,15,16,18). The van der Waals surface area contributed by atoms with Crippen LogP contribution in [0.3, 0.4) is 0 Å². The van der Waals surface area contributed by atoms with Crippen molar-refractivity contribution in [1.82, 2.24) is 4.98 Å². The molecule has 1 aliphatic rings. The molecule has 6 heteroatoms. The molecule has 1 aliphatic carbocycles. The van der Waals surface area contributed by atoms with Crippen molar-refractivity contribution >= 4 is 28.3 Å². The second-order valence-corrected chi connectivity index (χ2v) is 6.33. The van der Waals surface area contributed by atoms with E-state index in [4.69, 9.17) is 0 Å². The number of hydrogen-bond acceptors (Lipinski definition) is 5. The molecule has 0 spiro atoms. The van der Waals surface area contributed by atoms with Crippen LogP contribution in [0.25, 0.3) is 0 Å². The Morgan fingerprint density at radius 3 is 2.75 bits per heavy atom. The van der Waals surface area contributed by atoms with Gasteiger partial charge < -0.3 is 10.1 Å². The average Bonchev–Trinajstić information content (AvgIpc) is 2.86. The van der Waals surface area contributed by atoms with Crippen LogP contribution in [0.1, 0.15) is 44.7 Å². The quantitative estimate of drug-likeness (QED) is 0.867. The molecule has 5 nitrogen and oxygen atoms in total. The van der Waals surface area contributed by atoms with Gasteiger partial charge in [0.05, 0.1) is 19.2 Å². The molecule has 0 saturated heterocycles. The number of esters is 1. The van der Waals surface area contributed by atoms with Gasteiger partial charge in [0.25, 0.3) is 0 Å². The minimum Gasteiger partial charge on any atom is -0.469 e. The maximum Gasteiger partial charge on any atom is 0.311 e. The van der Waals surface area contributed by atoms with Crippen molar-refractivity contribution in [2.24, 2.45) is 5.41 Å². The van der Waals surface area contributed by atoms with Gasteiger partial charge in [-0.1, -0.05) is 26.2 Å². The van der Waals surface area contributed by atoms with Crippen LogP contribution in [-0.2, 0) is 20.7 Å². The summed E-state index contributed by atoms with van der Waals surface area (Å²) in [7, 11) is 1.35. The van der Waals surface area contributed by atoms with Gasteiger partial charge in [0, 0.05) is 10.8 Å². The Labute approximate surface area is 122 Å². The molecule has 1 aromatic rings. The van der Waals surface area contributed by atoms with Crippen molar-refractivity contribution in [3.63, 3.8) is 0 Å². The summed E-state index contributed by atoms with van der Waals surface area (Å²) in [4.78, 5) is 27.8. The van der Waals surface area contributed by atoms with Crippen molar-refractivity contribution in [1.29, 1.82) is 0 Å². The number of aromatic nitrogens is 1. The first-order valence-corrected chi connectivity index (χ1v) is 7.74. The number of ether oxygens (including phenoxy) is 1. The highest BCUT2D eigenvalue weighted by Crippen LogP contribution is 2.36. The number of hydrogen-bond donors (Lipinski definition) is 1. The monoisotopic (exact) mass is 296 g/mol. The lowest BCUT2D eigenvalue weighted by atomic mass is 9.75. The van der Waals surface area contributed by atoms with Gasteiger partial charge in [0.15, 0.2) is 5.13 Å². The van der Waals surface area contributed by atoms with Crippen molar-refractivity contribution in [2.75, 3.05) is 12.4 Å². The van der Waals surface area contributed by atoms with Crippen LogP contribution < -0.4 is 5.32 Å². The van der Waals surface area contributed by atoms with Gasteiger partial charge in [0.2, 0.25) is 5.91 Å². The molecule has 0 radical (unpaired) electrons. The predicted molar refractivity (Wildman–Crippen MR) is 77.7 cm³/mol. The fraction of sp³-hybridized carbons (Fsp3) is 0.643. The molecule has 110 valence electrons. The van der Waals surface area contributed by atoms with E-state index < -0.39 is 0 Å². The van der Waals surface area contributed by atoms with Crippen LogP contribution in [0.4, 0.5) is 5.13 Å². The molecule has 0 aliphatic heterocycles. The van der Waals surface area contributed by atoms with Crippen LogP contribution in [0.5, 0.6) is 0 Å². The highest BCUT2D eigenvalue weighted by atomic mass is 32.1. The highest BCUT2D eigenvalue weighted by molar-refractivity contribution is 7.13. The van der Waals surface area contributed by atoms with E-state index in [-0.39, 0.29) is 23.7 Å². The summed E-state index contributed by atoms with van der Waals surface area (Å²) >= 11 is 1.34. The van der Waals surface area contributed by atoms with Crippen molar-refractivity contribution < 1.29 is 14.3 Å². The Hall–Kier alpha value is -1.43. The molecule has 0 atom stereocenters. The Kier molecular flexibility index (Phi) is 4.75. The van der Waals surface area contributed by atoms with Gasteiger partial charge in [-0.15, -0.1) is 11.3 Å². The van der Waals surface area contributed by atoms with Gasteiger partial charge in [-0.2, -0.15) is 0 Å². The molecule has 20 heavy (non-hydrogen) atoms. The molecule has 1 saturated carbocycles. The maximum absolute atomic E-state index is 12.3. The maximum atomic E-state index is 12.3. The van der Waals surface area contributed by atoms with E-state index in [9.17, 15) is 9.59 Å². The Balaban J connectivity index is 1.96. The zero-order chi connectivity index (χ0) is 14.6. The molecule has 1 amide bonds. The van der Waals surface area contributed by atoms with Gasteiger partial charge in [-0.05, 0) is 12.8 Å². The van der Waals surface area contributed by atoms with Crippen LogP contribution in [0.2, 0.25) is 0 Å². The largest absolute Gasteiger partial charge is 0.469 e. The SMILES string of the molecule is COC(=O)Cc1csc(NC(=O)C2(C)CCCCC2)n1. The smallest absolute Gasteiger partial charge is 0.311 e. The molecular weight excluding hydrogens is 276 g/mol. The van der Waals surface area contributed by atoms with Crippen LogP contribution in [-0.4, -0.2) is 24.0 Å². The topological polar surface area (TPSA) is 68.3 Å². The molecule has 0 unspecified atom stereocenters. The van der Waals surface area contributed by atoms with E-state index in [1.54, 1.807) is 5.38 Å². The molecule has 0 bridgehead atoms. The van der Waals surface area contributed by atoms with E-state index in [0.717, 1.165) is 25.7 Å². The summed E-state index contributed by atoms with van der Waals surface area (Å²) in [6, 6.07) is 0. The minimum atomic E-state index is -0.326. The second-order valence-electron chi connectivity index (χ2n) is 5.47. The molecule has 2 rings (SSSR count).